The van der Waals surface area contributed by atoms with Crippen molar-refractivity contribution in [3.05, 3.63) is 0 Å². The van der Waals surface area contributed by atoms with E-state index in [0.717, 1.165) is 0 Å². The van der Waals surface area contributed by atoms with E-state index in [0.29, 0.717) is 19.5 Å². The molecule has 0 aromatic carbocycles. The Bertz CT molecular complexity index is 400. The normalized spacial score (nSPS) is 21.3. The highest BCUT2D eigenvalue weighted by atomic mass is 35.5. The van der Waals surface area contributed by atoms with Gasteiger partial charge in [-0.05, 0) is 12.3 Å². The van der Waals surface area contributed by atoms with Crippen molar-refractivity contribution in [3.8, 4) is 0 Å². The molecular weight excluding hydrogens is 290 g/mol. The summed E-state index contributed by atoms with van der Waals surface area (Å²) in [5, 5.41) is -0.513. The quantitative estimate of drug-likeness (QED) is 0.743. The van der Waals surface area contributed by atoms with Crippen LogP contribution in [0.4, 0.5) is 0 Å². The minimum Gasteiger partial charge on any atom is -0.340 e. The zero-order valence-corrected chi connectivity index (χ0v) is 13.3. The molecule has 1 fully saturated rings. The summed E-state index contributed by atoms with van der Waals surface area (Å²) in [6.07, 6.45) is 0.478. The Kier molecular flexibility index (Phi) is 7.28. The first-order chi connectivity index (χ1) is 8.29. The summed E-state index contributed by atoms with van der Waals surface area (Å²) in [5.41, 5.74) is 5.80. The molecule has 8 heteroatoms. The van der Waals surface area contributed by atoms with Crippen molar-refractivity contribution in [2.75, 3.05) is 19.6 Å². The average molecular weight is 314 g/mol. The summed E-state index contributed by atoms with van der Waals surface area (Å²) in [6, 6.07) is -0.550. The molecule has 19 heavy (non-hydrogen) atoms. The van der Waals surface area contributed by atoms with Gasteiger partial charge in [-0.1, -0.05) is 20.8 Å². The molecule has 1 aliphatic heterocycles. The van der Waals surface area contributed by atoms with Crippen LogP contribution in [0.3, 0.4) is 0 Å². The third-order valence-corrected chi connectivity index (χ3v) is 5.20. The maximum absolute atomic E-state index is 12.0. The van der Waals surface area contributed by atoms with E-state index in [9.17, 15) is 13.2 Å². The monoisotopic (exact) mass is 313 g/mol. The van der Waals surface area contributed by atoms with Gasteiger partial charge in [-0.25, -0.2) is 13.1 Å². The van der Waals surface area contributed by atoms with Crippen molar-refractivity contribution in [1.29, 1.82) is 0 Å². The summed E-state index contributed by atoms with van der Waals surface area (Å²) >= 11 is 0. The molecule has 1 rings (SSSR count). The Morgan fingerprint density at radius 2 is 2.05 bits per heavy atom. The molecule has 114 valence electrons. The predicted molar refractivity (Wildman–Crippen MR) is 77.6 cm³/mol. The highest BCUT2D eigenvalue weighted by molar-refractivity contribution is 7.90. The lowest BCUT2D eigenvalue weighted by atomic mass is 10.0. The number of nitrogens with one attached hydrogen (secondary N) is 1. The predicted octanol–water partition coefficient (Wildman–Crippen LogP) is -0.0683. The molecule has 1 heterocycles. The van der Waals surface area contributed by atoms with Crippen LogP contribution in [0.2, 0.25) is 0 Å². The summed E-state index contributed by atoms with van der Waals surface area (Å²) in [6.45, 7) is 6.59. The van der Waals surface area contributed by atoms with Crippen LogP contribution >= 0.6 is 12.4 Å². The molecule has 0 spiro atoms. The minimum atomic E-state index is -3.31. The Hall–Kier alpha value is -0.370. The van der Waals surface area contributed by atoms with Crippen molar-refractivity contribution < 1.29 is 13.2 Å². The standard InChI is InChI=1S/C11H23N3O3S.ClH/c1-4-13-18(16,17)9-5-6-14(7-9)11(15)10(12)8(2)3;/h8-10,13H,4-7,12H2,1-3H3;1H/t9?,10-;/m0./s1. The fourth-order valence-corrected chi connectivity index (χ4v) is 3.43. The smallest absolute Gasteiger partial charge is 0.239 e. The number of nitrogens with zero attached hydrogens (tertiary/aromatic N) is 1. The lowest BCUT2D eigenvalue weighted by Crippen LogP contribution is -2.46. The van der Waals surface area contributed by atoms with Crippen molar-refractivity contribution in [1.82, 2.24) is 9.62 Å². The van der Waals surface area contributed by atoms with E-state index in [1.807, 2.05) is 13.8 Å². The Balaban J connectivity index is 0.00000324. The number of carbonyl (C=O) groups excluding carboxylic acids is 1. The van der Waals surface area contributed by atoms with Crippen molar-refractivity contribution in [2.24, 2.45) is 11.7 Å². The first kappa shape index (κ1) is 18.6. The van der Waals surface area contributed by atoms with Gasteiger partial charge in [-0.15, -0.1) is 12.4 Å². The highest BCUT2D eigenvalue weighted by Gasteiger charge is 2.36. The van der Waals surface area contributed by atoms with Crippen LogP contribution in [-0.4, -0.2) is 50.2 Å². The van der Waals surface area contributed by atoms with Crippen molar-refractivity contribution in [2.45, 2.75) is 38.5 Å². The number of halogens is 1. The second-order valence-electron chi connectivity index (χ2n) is 5.01. The fraction of sp³-hybridized carbons (Fsp3) is 0.909. The van der Waals surface area contributed by atoms with Crippen LogP contribution in [0, 0.1) is 5.92 Å². The average Bonchev–Trinajstić information content (AvgIpc) is 2.76. The summed E-state index contributed by atoms with van der Waals surface area (Å²) in [4.78, 5) is 13.6. The first-order valence-corrected chi connectivity index (χ1v) is 7.87. The van der Waals surface area contributed by atoms with Gasteiger partial charge in [-0.2, -0.15) is 0 Å². The molecule has 3 N–H and O–H groups in total. The van der Waals surface area contributed by atoms with Crippen LogP contribution in [0.5, 0.6) is 0 Å². The maximum atomic E-state index is 12.0. The van der Waals surface area contributed by atoms with Gasteiger partial charge in [0.05, 0.1) is 11.3 Å². The lowest BCUT2D eigenvalue weighted by molar-refractivity contribution is -0.132. The van der Waals surface area contributed by atoms with E-state index in [1.165, 1.54) is 0 Å². The van der Waals surface area contributed by atoms with Gasteiger partial charge in [0.2, 0.25) is 15.9 Å². The number of sulfonamides is 1. The third kappa shape index (κ3) is 4.59. The number of carbonyl (C=O) groups is 1. The van der Waals surface area contributed by atoms with Gasteiger partial charge >= 0.3 is 0 Å². The molecular formula is C11H24ClN3O3S. The lowest BCUT2D eigenvalue weighted by Gasteiger charge is -2.23. The van der Waals surface area contributed by atoms with Gasteiger partial charge in [0.25, 0.3) is 0 Å². The summed E-state index contributed by atoms with van der Waals surface area (Å²) in [5.74, 6) is -0.0962. The second kappa shape index (κ2) is 7.42. The summed E-state index contributed by atoms with van der Waals surface area (Å²) < 4.78 is 26.1. The van der Waals surface area contributed by atoms with Crippen molar-refractivity contribution >= 4 is 28.3 Å². The molecule has 0 saturated carbocycles. The topological polar surface area (TPSA) is 92.5 Å². The van der Waals surface area contributed by atoms with Crippen molar-refractivity contribution in [3.63, 3.8) is 0 Å². The number of amides is 1. The van der Waals surface area contributed by atoms with Crippen LogP contribution < -0.4 is 10.5 Å². The van der Waals surface area contributed by atoms with Gasteiger partial charge in [0.1, 0.15) is 0 Å². The molecule has 0 radical (unpaired) electrons. The van der Waals surface area contributed by atoms with E-state index in [-0.39, 0.29) is 30.8 Å². The van der Waals surface area contributed by atoms with Crippen LogP contribution in [0.15, 0.2) is 0 Å². The molecule has 2 atom stereocenters. The van der Waals surface area contributed by atoms with E-state index < -0.39 is 21.3 Å². The molecule has 0 bridgehead atoms. The number of hydrogen-bond acceptors (Lipinski definition) is 4. The zero-order chi connectivity index (χ0) is 13.9. The molecule has 0 aromatic rings. The summed E-state index contributed by atoms with van der Waals surface area (Å²) in [7, 11) is -3.31. The van der Waals surface area contributed by atoms with E-state index in [2.05, 4.69) is 4.72 Å². The number of rotatable bonds is 5. The molecule has 1 unspecified atom stereocenters. The van der Waals surface area contributed by atoms with E-state index in [1.54, 1.807) is 11.8 Å². The van der Waals surface area contributed by atoms with Gasteiger partial charge in [0.15, 0.2) is 0 Å². The highest BCUT2D eigenvalue weighted by Crippen LogP contribution is 2.18. The first-order valence-electron chi connectivity index (χ1n) is 6.32. The van der Waals surface area contributed by atoms with Gasteiger partial charge < -0.3 is 10.6 Å². The Morgan fingerprint density at radius 3 is 2.53 bits per heavy atom. The molecule has 6 nitrogen and oxygen atoms in total. The minimum absolute atomic E-state index is 0. The van der Waals surface area contributed by atoms with Crippen LogP contribution in [0.25, 0.3) is 0 Å². The van der Waals surface area contributed by atoms with Gasteiger partial charge in [-0.3, -0.25) is 4.79 Å². The number of hydrogen-bond donors (Lipinski definition) is 2. The number of likely N-dealkylation sites (tertiary alicyclic amines) is 1. The largest absolute Gasteiger partial charge is 0.340 e. The van der Waals surface area contributed by atoms with E-state index in [4.69, 9.17) is 5.73 Å². The van der Waals surface area contributed by atoms with Crippen LogP contribution in [-0.2, 0) is 14.8 Å². The molecule has 0 aromatic heterocycles. The molecule has 1 aliphatic rings. The second-order valence-corrected chi connectivity index (χ2v) is 7.05. The van der Waals surface area contributed by atoms with Gasteiger partial charge in [0, 0.05) is 19.6 Å². The Labute approximate surface area is 121 Å². The molecule has 0 aliphatic carbocycles. The third-order valence-electron chi connectivity index (χ3n) is 3.24. The van der Waals surface area contributed by atoms with Crippen LogP contribution in [0.1, 0.15) is 27.2 Å². The van der Waals surface area contributed by atoms with E-state index >= 15 is 0 Å². The molecule has 1 saturated heterocycles. The number of nitrogens with two attached hydrogens (primary N) is 1. The Morgan fingerprint density at radius 1 is 1.47 bits per heavy atom. The zero-order valence-electron chi connectivity index (χ0n) is 11.6. The fourth-order valence-electron chi connectivity index (χ4n) is 2.00. The maximum Gasteiger partial charge on any atom is 0.239 e. The molecule has 1 amide bonds. The SMILES string of the molecule is CCNS(=O)(=O)C1CCN(C(=O)[C@@H](N)C(C)C)C1.Cl.